The van der Waals surface area contributed by atoms with Crippen molar-refractivity contribution in [2.45, 2.75) is 13.2 Å². The zero-order valence-corrected chi connectivity index (χ0v) is 29.0. The molecule has 0 atom stereocenters. The maximum atomic E-state index is 13.4. The molecule has 7 aromatic rings. The van der Waals surface area contributed by atoms with Gasteiger partial charge in [0.25, 0.3) is 0 Å². The summed E-state index contributed by atoms with van der Waals surface area (Å²) in [6, 6.07) is 28.6. The van der Waals surface area contributed by atoms with Gasteiger partial charge in [-0.05, 0) is 78.4 Å². The van der Waals surface area contributed by atoms with Gasteiger partial charge in [0.1, 0.15) is 63.8 Å². The van der Waals surface area contributed by atoms with E-state index in [4.69, 9.17) is 26.5 Å². The van der Waals surface area contributed by atoms with Gasteiger partial charge in [0.05, 0.1) is 28.4 Å². The van der Waals surface area contributed by atoms with E-state index in [1.165, 1.54) is 31.0 Å². The van der Waals surface area contributed by atoms with Crippen LogP contribution in [0.1, 0.15) is 11.3 Å². The third kappa shape index (κ3) is 9.54. The first-order chi connectivity index (χ1) is 24.6. The number of nitrogens with zero attached hydrogens (tertiary/aromatic N) is 4. The Morgan fingerprint density at radius 3 is 2.45 bits per heavy atom. The lowest BCUT2D eigenvalue weighted by Crippen LogP contribution is -2.21. The number of furan rings is 1. The van der Waals surface area contributed by atoms with Gasteiger partial charge in [-0.3, -0.25) is 0 Å². The second kappa shape index (κ2) is 15.9. The summed E-state index contributed by atoms with van der Waals surface area (Å²) in [4.78, 5) is 16.7. The number of para-hydroxylation sites is 1. The van der Waals surface area contributed by atoms with Crippen molar-refractivity contribution in [2.75, 3.05) is 29.6 Å². The molecule has 14 heteroatoms. The predicted octanol–water partition coefficient (Wildman–Crippen LogP) is 7.35. The second-order valence-corrected chi connectivity index (χ2v) is 14.2. The molecule has 0 radical (unpaired) electrons. The van der Waals surface area contributed by atoms with Crippen LogP contribution in [0.4, 0.5) is 21.7 Å². The molecule has 3 aromatic heterocycles. The number of nitrogens with two attached hydrogens (primary N) is 1. The van der Waals surface area contributed by atoms with E-state index in [9.17, 15) is 12.8 Å². The number of rotatable bonds is 11. The van der Waals surface area contributed by atoms with Crippen LogP contribution in [0.3, 0.4) is 0 Å². The van der Waals surface area contributed by atoms with Crippen molar-refractivity contribution < 1.29 is 22.0 Å². The number of benzene rings is 4. The molecule has 0 saturated carbocycles. The molecule has 0 aliphatic carbocycles. The lowest BCUT2D eigenvalue weighted by atomic mass is 10.1. The summed E-state index contributed by atoms with van der Waals surface area (Å²) in [7, 11) is -3.02. The summed E-state index contributed by atoms with van der Waals surface area (Å²) in [5.41, 5.74) is 9.49. The SMILES string of the molecule is CS(=O)(=O)CCNCc1ccc(-c2ccc3ncnc(Nc4ccc(OCc5cccc(F)c5)c(Cl)c4)c3c2)o1.Nc1ncnc2ccccc12. The van der Waals surface area contributed by atoms with Crippen molar-refractivity contribution in [2.24, 2.45) is 0 Å². The largest absolute Gasteiger partial charge is 0.487 e. The van der Waals surface area contributed by atoms with Gasteiger partial charge in [-0.2, -0.15) is 0 Å². The molecular formula is C37H33ClFN7O4S. The molecule has 0 spiro atoms. The highest BCUT2D eigenvalue weighted by atomic mass is 35.5. The first kappa shape index (κ1) is 35.2. The zero-order valence-electron chi connectivity index (χ0n) is 27.4. The fourth-order valence-electron chi connectivity index (χ4n) is 5.05. The Morgan fingerprint density at radius 2 is 1.67 bits per heavy atom. The Balaban J connectivity index is 0.000000344. The summed E-state index contributed by atoms with van der Waals surface area (Å²) in [6.45, 7) is 0.956. The highest BCUT2D eigenvalue weighted by molar-refractivity contribution is 7.90. The minimum absolute atomic E-state index is 0.0664. The monoisotopic (exact) mass is 725 g/mol. The Kier molecular flexibility index (Phi) is 11.0. The van der Waals surface area contributed by atoms with Crippen LogP contribution in [-0.2, 0) is 23.0 Å². The molecule has 3 heterocycles. The number of hydrogen-bond donors (Lipinski definition) is 3. The van der Waals surface area contributed by atoms with E-state index < -0.39 is 9.84 Å². The van der Waals surface area contributed by atoms with Crippen LogP contribution in [0.2, 0.25) is 5.02 Å². The number of nitrogens with one attached hydrogen (secondary N) is 2. The highest BCUT2D eigenvalue weighted by Crippen LogP contribution is 2.33. The molecule has 51 heavy (non-hydrogen) atoms. The fourth-order valence-corrected chi connectivity index (χ4v) is 5.80. The van der Waals surface area contributed by atoms with Crippen molar-refractivity contribution in [3.63, 3.8) is 0 Å². The van der Waals surface area contributed by atoms with Gasteiger partial charge >= 0.3 is 0 Å². The predicted molar refractivity (Wildman–Crippen MR) is 198 cm³/mol. The first-order valence-electron chi connectivity index (χ1n) is 15.7. The quantitative estimate of drug-likeness (QED) is 0.115. The molecule has 0 unspecified atom stereocenters. The molecule has 0 bridgehead atoms. The summed E-state index contributed by atoms with van der Waals surface area (Å²) in [5.74, 6) is 2.71. The maximum absolute atomic E-state index is 13.4. The molecule has 0 amide bonds. The molecule has 260 valence electrons. The van der Waals surface area contributed by atoms with E-state index in [2.05, 4.69) is 30.6 Å². The minimum atomic E-state index is -3.02. The van der Waals surface area contributed by atoms with Crippen LogP contribution in [0.5, 0.6) is 5.75 Å². The Hall–Kier alpha value is -5.63. The standard InChI is InChI=1S/C29H26ClFN4O4S.C8H7N3/c1-40(36,37)12-11-32-16-23-7-10-27(39-23)20-5-8-26-24(14-20)29(34-18-33-26)35-22-6-9-28(25(30)15-22)38-17-19-3-2-4-21(31)13-19;9-8-6-3-1-2-4-7(6)10-5-11-8/h2-10,13-15,18,32H,11-12,16-17H2,1H3,(H,33,34,35);1-5H,(H2,9,10,11). The third-order valence-electron chi connectivity index (χ3n) is 7.58. The molecule has 11 nitrogen and oxygen atoms in total. The lowest BCUT2D eigenvalue weighted by Gasteiger charge is -2.12. The van der Waals surface area contributed by atoms with Gasteiger partial charge in [0, 0.05) is 34.8 Å². The van der Waals surface area contributed by atoms with E-state index >= 15 is 0 Å². The molecule has 4 N–H and O–H groups in total. The van der Waals surface area contributed by atoms with Crippen molar-refractivity contribution in [3.05, 3.63) is 132 Å². The first-order valence-corrected chi connectivity index (χ1v) is 18.2. The molecule has 0 aliphatic heterocycles. The summed E-state index contributed by atoms with van der Waals surface area (Å²) in [5, 5.41) is 8.47. The average Bonchev–Trinajstić information content (AvgIpc) is 3.59. The van der Waals surface area contributed by atoms with Gasteiger partial charge < -0.3 is 25.5 Å². The maximum Gasteiger partial charge on any atom is 0.148 e. The van der Waals surface area contributed by atoms with Crippen LogP contribution >= 0.6 is 11.6 Å². The van der Waals surface area contributed by atoms with Gasteiger partial charge in [-0.15, -0.1) is 0 Å². The highest BCUT2D eigenvalue weighted by Gasteiger charge is 2.12. The molecule has 0 fully saturated rings. The number of nitrogen functional groups attached to an aromatic ring is 1. The smallest absolute Gasteiger partial charge is 0.148 e. The molecule has 0 saturated heterocycles. The lowest BCUT2D eigenvalue weighted by molar-refractivity contribution is 0.306. The molecule has 7 rings (SSSR count). The summed E-state index contributed by atoms with van der Waals surface area (Å²) >= 11 is 6.47. The Labute approximate surface area is 298 Å². The van der Waals surface area contributed by atoms with Crippen molar-refractivity contribution in [1.82, 2.24) is 25.3 Å². The van der Waals surface area contributed by atoms with E-state index in [1.807, 2.05) is 60.7 Å². The Morgan fingerprint density at radius 1 is 0.863 bits per heavy atom. The van der Waals surface area contributed by atoms with E-state index in [0.29, 0.717) is 58.3 Å². The van der Waals surface area contributed by atoms with E-state index in [0.717, 1.165) is 27.4 Å². The van der Waals surface area contributed by atoms with Crippen LogP contribution in [0.25, 0.3) is 33.1 Å². The van der Waals surface area contributed by atoms with E-state index in [1.54, 1.807) is 24.3 Å². The normalized spacial score (nSPS) is 11.3. The van der Waals surface area contributed by atoms with Gasteiger partial charge in [-0.1, -0.05) is 35.9 Å². The molecule has 4 aromatic carbocycles. The number of hydrogen-bond acceptors (Lipinski definition) is 11. The van der Waals surface area contributed by atoms with Crippen LogP contribution < -0.4 is 21.1 Å². The number of sulfone groups is 1. The van der Waals surface area contributed by atoms with Crippen molar-refractivity contribution in [3.8, 4) is 17.1 Å². The fraction of sp³-hybridized carbons (Fsp3) is 0.135. The third-order valence-corrected chi connectivity index (χ3v) is 8.82. The Bertz CT molecular complexity index is 2400. The average molecular weight is 726 g/mol. The minimum Gasteiger partial charge on any atom is -0.487 e. The summed E-state index contributed by atoms with van der Waals surface area (Å²) < 4.78 is 47.8. The number of ether oxygens (including phenoxy) is 1. The number of aromatic nitrogens is 4. The summed E-state index contributed by atoms with van der Waals surface area (Å²) in [6.07, 6.45) is 4.16. The van der Waals surface area contributed by atoms with Crippen molar-refractivity contribution in [1.29, 1.82) is 0 Å². The van der Waals surface area contributed by atoms with E-state index in [-0.39, 0.29) is 18.2 Å². The van der Waals surface area contributed by atoms with Gasteiger partial charge in [-0.25, -0.2) is 32.7 Å². The topological polar surface area (TPSA) is 158 Å². The molecular weight excluding hydrogens is 693 g/mol. The second-order valence-electron chi connectivity index (χ2n) is 11.5. The zero-order chi connectivity index (χ0) is 35.8. The van der Waals surface area contributed by atoms with Crippen molar-refractivity contribution >= 4 is 60.6 Å². The number of anilines is 3. The molecule has 0 aliphatic rings. The van der Waals surface area contributed by atoms with Gasteiger partial charge in [0.2, 0.25) is 0 Å². The van der Waals surface area contributed by atoms with Crippen LogP contribution in [0, 0.1) is 5.82 Å². The van der Waals surface area contributed by atoms with Gasteiger partial charge in [0.15, 0.2) is 0 Å². The van der Waals surface area contributed by atoms with Crippen LogP contribution in [-0.4, -0.2) is 46.9 Å². The number of fused-ring (bicyclic) bond motifs is 2. The number of halogens is 2. The van der Waals surface area contributed by atoms with Crippen LogP contribution in [0.15, 0.2) is 114 Å².